The van der Waals surface area contributed by atoms with Crippen LogP contribution in [-0.2, 0) is 6.42 Å². The van der Waals surface area contributed by atoms with Gasteiger partial charge >= 0.3 is 0 Å². The van der Waals surface area contributed by atoms with Crippen LogP contribution in [0.4, 0.5) is 0 Å². The van der Waals surface area contributed by atoms with Crippen LogP contribution in [0.1, 0.15) is 17.0 Å². The second-order valence-corrected chi connectivity index (χ2v) is 5.68. The Morgan fingerprint density at radius 1 is 1.19 bits per heavy atom. The Labute approximate surface area is 128 Å². The Morgan fingerprint density at radius 3 is 2.81 bits per heavy atom. The first kappa shape index (κ1) is 14.0. The van der Waals surface area contributed by atoms with Gasteiger partial charge in [-0.1, -0.05) is 23.7 Å². The lowest BCUT2D eigenvalue weighted by molar-refractivity contribution is 0.474. The van der Waals surface area contributed by atoms with Crippen molar-refractivity contribution in [2.75, 3.05) is 6.54 Å². The quantitative estimate of drug-likeness (QED) is 0.686. The molecule has 2 aromatic carbocycles. The van der Waals surface area contributed by atoms with Gasteiger partial charge in [-0.3, -0.25) is 0 Å². The van der Waals surface area contributed by atoms with E-state index in [1.54, 1.807) is 12.1 Å². The van der Waals surface area contributed by atoms with Gasteiger partial charge in [-0.2, -0.15) is 0 Å². The van der Waals surface area contributed by atoms with Gasteiger partial charge in [-0.15, -0.1) is 0 Å². The van der Waals surface area contributed by atoms with Crippen molar-refractivity contribution in [3.63, 3.8) is 0 Å². The maximum Gasteiger partial charge on any atom is 0.115 e. The molecular formula is C17H17ClN2O. The van der Waals surface area contributed by atoms with Gasteiger partial charge < -0.3 is 15.8 Å². The number of phenolic OH excluding ortho intramolecular Hbond substituents is 1. The first-order chi connectivity index (χ1) is 10.2. The highest BCUT2D eigenvalue weighted by atomic mass is 35.5. The minimum absolute atomic E-state index is 0.180. The summed E-state index contributed by atoms with van der Waals surface area (Å²) in [5.41, 5.74) is 9.26. The van der Waals surface area contributed by atoms with Crippen molar-refractivity contribution in [1.29, 1.82) is 0 Å². The van der Waals surface area contributed by atoms with Gasteiger partial charge in [0.05, 0.1) is 0 Å². The van der Waals surface area contributed by atoms with Crippen molar-refractivity contribution in [3.05, 3.63) is 64.8 Å². The maximum atomic E-state index is 9.58. The van der Waals surface area contributed by atoms with Gasteiger partial charge in [0, 0.05) is 28.0 Å². The molecule has 0 aliphatic rings. The zero-order valence-electron chi connectivity index (χ0n) is 11.5. The molecular weight excluding hydrogens is 284 g/mol. The molecule has 0 aliphatic heterocycles. The van der Waals surface area contributed by atoms with E-state index in [9.17, 15) is 5.11 Å². The first-order valence-electron chi connectivity index (χ1n) is 6.92. The average Bonchev–Trinajstić information content (AvgIpc) is 2.88. The summed E-state index contributed by atoms with van der Waals surface area (Å²) in [6.45, 7) is 0.537. The number of nitrogens with one attached hydrogen (secondary N) is 1. The first-order valence-corrected chi connectivity index (χ1v) is 7.29. The number of hydrogen-bond donors (Lipinski definition) is 3. The number of H-pyrrole nitrogens is 1. The van der Waals surface area contributed by atoms with E-state index in [2.05, 4.69) is 4.98 Å². The molecule has 0 fully saturated rings. The van der Waals surface area contributed by atoms with Gasteiger partial charge in [0.1, 0.15) is 5.75 Å². The Hall–Kier alpha value is -1.97. The summed E-state index contributed by atoms with van der Waals surface area (Å²) in [7, 11) is 0. The summed E-state index contributed by atoms with van der Waals surface area (Å²) in [6.07, 6.45) is 2.78. The van der Waals surface area contributed by atoms with Crippen molar-refractivity contribution in [2.45, 2.75) is 12.3 Å². The number of rotatable bonds is 4. The summed E-state index contributed by atoms with van der Waals surface area (Å²) < 4.78 is 0. The molecule has 3 rings (SSSR count). The van der Waals surface area contributed by atoms with E-state index in [0.717, 1.165) is 27.9 Å². The number of aromatic amines is 1. The van der Waals surface area contributed by atoms with E-state index >= 15 is 0 Å². The predicted octanol–water partition coefficient (Wildman–Crippen LogP) is 3.81. The van der Waals surface area contributed by atoms with Gasteiger partial charge in [0.2, 0.25) is 0 Å². The fourth-order valence-electron chi connectivity index (χ4n) is 2.74. The van der Waals surface area contributed by atoms with E-state index in [1.165, 1.54) is 5.56 Å². The Bertz CT molecular complexity index is 766. The van der Waals surface area contributed by atoms with Gasteiger partial charge in [-0.05, 0) is 54.4 Å². The van der Waals surface area contributed by atoms with Crippen LogP contribution in [-0.4, -0.2) is 16.6 Å². The molecule has 0 saturated heterocycles. The summed E-state index contributed by atoms with van der Waals surface area (Å²) in [4.78, 5) is 3.26. The van der Waals surface area contributed by atoms with E-state index in [0.29, 0.717) is 6.54 Å². The summed E-state index contributed by atoms with van der Waals surface area (Å²) >= 11 is 6.10. The third-order valence-corrected chi connectivity index (χ3v) is 4.03. The lowest BCUT2D eigenvalue weighted by Gasteiger charge is -2.14. The summed E-state index contributed by atoms with van der Waals surface area (Å²) in [5, 5.41) is 11.4. The molecule has 4 heteroatoms. The number of hydrogen-bond acceptors (Lipinski definition) is 2. The highest BCUT2D eigenvalue weighted by molar-refractivity contribution is 6.31. The Morgan fingerprint density at radius 2 is 2.05 bits per heavy atom. The molecule has 0 spiro atoms. The van der Waals surface area contributed by atoms with Crippen LogP contribution in [0.2, 0.25) is 5.02 Å². The molecule has 0 aliphatic carbocycles. The molecule has 3 nitrogen and oxygen atoms in total. The Kier molecular flexibility index (Phi) is 3.86. The van der Waals surface area contributed by atoms with Crippen LogP contribution < -0.4 is 5.73 Å². The number of aromatic hydroxyl groups is 1. The molecule has 1 atom stereocenters. The molecule has 0 saturated carbocycles. The standard InChI is InChI=1S/C17H17ClN2O/c18-13-4-5-17-15(8-13)16(10-20-17)12(9-19)6-11-2-1-3-14(21)7-11/h1-5,7-8,10,12,20-21H,6,9,19H2. The van der Waals surface area contributed by atoms with Crippen molar-refractivity contribution in [3.8, 4) is 5.75 Å². The van der Waals surface area contributed by atoms with Crippen molar-refractivity contribution < 1.29 is 5.11 Å². The van der Waals surface area contributed by atoms with Crippen LogP contribution in [0.3, 0.4) is 0 Å². The molecule has 0 radical (unpaired) electrons. The monoisotopic (exact) mass is 300 g/mol. The minimum atomic E-state index is 0.180. The van der Waals surface area contributed by atoms with Crippen LogP contribution in [0.5, 0.6) is 5.75 Å². The Balaban J connectivity index is 1.96. The molecule has 1 heterocycles. The van der Waals surface area contributed by atoms with E-state index < -0.39 is 0 Å². The highest BCUT2D eigenvalue weighted by Crippen LogP contribution is 2.30. The zero-order valence-corrected chi connectivity index (χ0v) is 12.3. The number of aromatic nitrogens is 1. The average molecular weight is 301 g/mol. The van der Waals surface area contributed by atoms with Crippen molar-refractivity contribution in [2.24, 2.45) is 5.73 Å². The number of halogens is 1. The second-order valence-electron chi connectivity index (χ2n) is 5.24. The second kappa shape index (κ2) is 5.80. The molecule has 21 heavy (non-hydrogen) atoms. The molecule has 1 aromatic heterocycles. The lowest BCUT2D eigenvalue weighted by atomic mass is 9.91. The summed E-state index contributed by atoms with van der Waals surface area (Å²) in [6, 6.07) is 13.1. The van der Waals surface area contributed by atoms with Crippen molar-refractivity contribution >= 4 is 22.5 Å². The molecule has 4 N–H and O–H groups in total. The van der Waals surface area contributed by atoms with Gasteiger partial charge in [0.15, 0.2) is 0 Å². The van der Waals surface area contributed by atoms with E-state index in [1.807, 2.05) is 36.5 Å². The number of nitrogens with two attached hydrogens (primary N) is 1. The molecule has 0 amide bonds. The molecule has 0 bridgehead atoms. The zero-order chi connectivity index (χ0) is 14.8. The SMILES string of the molecule is NCC(Cc1cccc(O)c1)c1c[nH]c2ccc(Cl)cc12. The van der Waals surface area contributed by atoms with E-state index in [4.69, 9.17) is 17.3 Å². The smallest absolute Gasteiger partial charge is 0.115 e. The van der Waals surface area contributed by atoms with Crippen LogP contribution in [0, 0.1) is 0 Å². The highest BCUT2D eigenvalue weighted by Gasteiger charge is 2.15. The van der Waals surface area contributed by atoms with Crippen LogP contribution >= 0.6 is 11.6 Å². The maximum absolute atomic E-state index is 9.58. The predicted molar refractivity (Wildman–Crippen MR) is 86.9 cm³/mol. The topological polar surface area (TPSA) is 62.0 Å². The summed E-state index contributed by atoms with van der Waals surface area (Å²) in [5.74, 6) is 0.462. The fourth-order valence-corrected chi connectivity index (χ4v) is 2.91. The van der Waals surface area contributed by atoms with Crippen molar-refractivity contribution in [1.82, 2.24) is 4.98 Å². The minimum Gasteiger partial charge on any atom is -0.508 e. The van der Waals surface area contributed by atoms with E-state index in [-0.39, 0.29) is 11.7 Å². The number of phenols is 1. The van der Waals surface area contributed by atoms with Crippen LogP contribution in [0.25, 0.3) is 10.9 Å². The third kappa shape index (κ3) is 2.89. The molecule has 3 aromatic rings. The van der Waals surface area contributed by atoms with Crippen LogP contribution in [0.15, 0.2) is 48.7 Å². The largest absolute Gasteiger partial charge is 0.508 e. The lowest BCUT2D eigenvalue weighted by Crippen LogP contribution is -2.14. The fraction of sp³-hybridized carbons (Fsp3) is 0.176. The third-order valence-electron chi connectivity index (χ3n) is 3.79. The molecule has 108 valence electrons. The molecule has 1 unspecified atom stereocenters. The normalized spacial score (nSPS) is 12.7. The number of benzene rings is 2. The van der Waals surface area contributed by atoms with Gasteiger partial charge in [0.25, 0.3) is 0 Å². The number of fused-ring (bicyclic) bond motifs is 1. The van der Waals surface area contributed by atoms with Gasteiger partial charge in [-0.25, -0.2) is 0 Å².